The number of carbonyl (C=O) groups is 1. The van der Waals surface area contributed by atoms with Crippen LogP contribution in [0, 0.1) is 6.92 Å². The molecular weight excluding hydrogens is 547 g/mol. The van der Waals surface area contributed by atoms with Crippen molar-refractivity contribution in [3.63, 3.8) is 0 Å². The Kier molecular flexibility index (Phi) is 8.41. The van der Waals surface area contributed by atoms with Crippen LogP contribution in [-0.2, 0) is 11.8 Å². The van der Waals surface area contributed by atoms with Crippen LogP contribution >= 0.6 is 23.2 Å². The van der Waals surface area contributed by atoms with E-state index in [1.165, 1.54) is 35.7 Å². The monoisotopic (exact) mass is 572 g/mol. The number of nitrogens with zero attached hydrogens (tertiary/aromatic N) is 5. The lowest BCUT2D eigenvalue weighted by Gasteiger charge is -2.22. The van der Waals surface area contributed by atoms with Crippen molar-refractivity contribution in [1.29, 1.82) is 0 Å². The number of hydrogen-bond acceptors (Lipinski definition) is 9. The van der Waals surface area contributed by atoms with Crippen molar-refractivity contribution < 1.29 is 19.0 Å². The predicted molar refractivity (Wildman–Crippen MR) is 147 cm³/mol. The van der Waals surface area contributed by atoms with Crippen LogP contribution in [0.5, 0.6) is 11.9 Å². The summed E-state index contributed by atoms with van der Waals surface area (Å²) in [5.41, 5.74) is 2.49. The van der Waals surface area contributed by atoms with E-state index in [4.69, 9.17) is 37.4 Å². The van der Waals surface area contributed by atoms with Crippen LogP contribution < -0.4 is 20.3 Å². The average Bonchev–Trinajstić information content (AvgIpc) is 3.27. The van der Waals surface area contributed by atoms with Crippen molar-refractivity contribution in [2.45, 2.75) is 19.9 Å². The molecule has 1 atom stereocenters. The highest BCUT2D eigenvalue weighted by atomic mass is 35.5. The van der Waals surface area contributed by atoms with E-state index in [1.54, 1.807) is 39.2 Å². The number of pyridine rings is 1. The van der Waals surface area contributed by atoms with E-state index in [9.17, 15) is 9.59 Å². The zero-order valence-corrected chi connectivity index (χ0v) is 23.4. The maximum Gasteiger partial charge on any atom is 0.359 e. The Hall–Kier alpha value is -4.09. The molecular formula is C26H26Cl2N6O5. The number of benzene rings is 1. The van der Waals surface area contributed by atoms with E-state index in [2.05, 4.69) is 20.4 Å². The number of nitrogens with one attached hydrogen (secondary N) is 1. The molecule has 204 valence electrons. The smallest absolute Gasteiger partial charge is 0.359 e. The number of aryl methyl sites for hydroxylation is 1. The molecule has 13 heteroatoms. The Morgan fingerprint density at radius 2 is 1.87 bits per heavy atom. The highest BCUT2D eigenvalue weighted by Gasteiger charge is 2.31. The summed E-state index contributed by atoms with van der Waals surface area (Å²) in [7, 11) is 4.50. The Morgan fingerprint density at radius 1 is 1.15 bits per heavy atom. The molecule has 3 heterocycles. The predicted octanol–water partition coefficient (Wildman–Crippen LogP) is 4.37. The SMILES string of the molecule is CCOC(=O)c1nn(-c2cnc(OC)nc2OC)c(C)c1C(Nc1cc(Cl)c(=O)n(C)c1)c1ccc(Cl)cc1. The third kappa shape index (κ3) is 5.69. The topological polar surface area (TPSA) is 122 Å². The minimum Gasteiger partial charge on any atom is -0.479 e. The van der Waals surface area contributed by atoms with Gasteiger partial charge in [0.2, 0.25) is 5.88 Å². The lowest BCUT2D eigenvalue weighted by Crippen LogP contribution is -2.21. The molecule has 0 saturated heterocycles. The number of aromatic nitrogens is 5. The van der Waals surface area contributed by atoms with Gasteiger partial charge in [0.15, 0.2) is 5.69 Å². The molecule has 1 N–H and O–H groups in total. The fraction of sp³-hybridized carbons (Fsp3) is 0.269. The molecule has 4 aromatic rings. The van der Waals surface area contributed by atoms with Crippen LogP contribution in [-0.4, -0.2) is 51.1 Å². The summed E-state index contributed by atoms with van der Waals surface area (Å²) >= 11 is 12.4. The Morgan fingerprint density at radius 3 is 2.49 bits per heavy atom. The van der Waals surface area contributed by atoms with Gasteiger partial charge in [0.1, 0.15) is 10.7 Å². The molecule has 3 aromatic heterocycles. The molecule has 0 spiro atoms. The highest BCUT2D eigenvalue weighted by Crippen LogP contribution is 2.35. The maximum atomic E-state index is 13.2. The third-order valence-corrected chi connectivity index (χ3v) is 6.41. The van der Waals surface area contributed by atoms with E-state index in [0.29, 0.717) is 27.7 Å². The summed E-state index contributed by atoms with van der Waals surface area (Å²) in [6, 6.07) is 8.12. The van der Waals surface area contributed by atoms with Gasteiger partial charge in [-0.25, -0.2) is 14.5 Å². The second-order valence-corrected chi connectivity index (χ2v) is 9.20. The summed E-state index contributed by atoms with van der Waals surface area (Å²) in [6.07, 6.45) is 3.10. The van der Waals surface area contributed by atoms with Gasteiger partial charge in [0, 0.05) is 29.5 Å². The molecule has 0 bridgehead atoms. The van der Waals surface area contributed by atoms with Gasteiger partial charge in [-0.1, -0.05) is 35.3 Å². The molecule has 1 unspecified atom stereocenters. The molecule has 1 aromatic carbocycles. The number of esters is 1. The van der Waals surface area contributed by atoms with Crippen molar-refractivity contribution in [3.05, 3.63) is 85.6 Å². The summed E-state index contributed by atoms with van der Waals surface area (Å²) in [5.74, 6) is -0.433. The van der Waals surface area contributed by atoms with Gasteiger partial charge >= 0.3 is 12.0 Å². The Bertz CT molecular complexity index is 1540. The van der Waals surface area contributed by atoms with E-state index < -0.39 is 12.0 Å². The largest absolute Gasteiger partial charge is 0.479 e. The summed E-state index contributed by atoms with van der Waals surface area (Å²) in [5, 5.41) is 8.59. The number of halogens is 2. The van der Waals surface area contributed by atoms with Gasteiger partial charge in [0.05, 0.1) is 38.8 Å². The lowest BCUT2D eigenvalue weighted by molar-refractivity contribution is 0.0517. The molecule has 0 aliphatic carbocycles. The Labute approximate surface area is 234 Å². The van der Waals surface area contributed by atoms with Crippen LogP contribution in [0.25, 0.3) is 5.69 Å². The first kappa shape index (κ1) is 27.9. The average molecular weight is 573 g/mol. The maximum absolute atomic E-state index is 13.2. The fourth-order valence-corrected chi connectivity index (χ4v) is 4.45. The quantitative estimate of drug-likeness (QED) is 0.291. The van der Waals surface area contributed by atoms with Crippen LogP contribution in [0.15, 0.2) is 47.5 Å². The van der Waals surface area contributed by atoms with Gasteiger partial charge < -0.3 is 24.1 Å². The first-order valence-corrected chi connectivity index (χ1v) is 12.5. The second kappa shape index (κ2) is 11.7. The van der Waals surface area contributed by atoms with Gasteiger partial charge in [-0.2, -0.15) is 10.1 Å². The standard InChI is InChI=1S/C26H26Cl2N6O5/c1-6-39-25(36)22-20(14(2)34(32-22)19-12-29-26(38-5)31-23(19)37-4)21(15-7-9-16(27)10-8-15)30-17-11-18(28)24(35)33(3)13-17/h7-13,21,30H,6H2,1-5H3. The van der Waals surface area contributed by atoms with Gasteiger partial charge in [-0.05, 0) is 37.6 Å². The fourth-order valence-electron chi connectivity index (χ4n) is 4.08. The zero-order chi connectivity index (χ0) is 28.3. The van der Waals surface area contributed by atoms with E-state index >= 15 is 0 Å². The molecule has 0 fully saturated rings. The van der Waals surface area contributed by atoms with Crippen molar-refractivity contribution in [1.82, 2.24) is 24.3 Å². The van der Waals surface area contributed by atoms with Crippen LogP contribution in [0.3, 0.4) is 0 Å². The van der Waals surface area contributed by atoms with Crippen molar-refractivity contribution in [2.24, 2.45) is 7.05 Å². The molecule has 39 heavy (non-hydrogen) atoms. The van der Waals surface area contributed by atoms with Crippen LogP contribution in [0.4, 0.5) is 5.69 Å². The number of ether oxygens (including phenoxy) is 3. The summed E-state index contributed by atoms with van der Waals surface area (Å²) in [4.78, 5) is 33.8. The van der Waals surface area contributed by atoms with Crippen LogP contribution in [0.1, 0.15) is 40.3 Å². The van der Waals surface area contributed by atoms with Crippen molar-refractivity contribution >= 4 is 34.9 Å². The molecule has 0 saturated carbocycles. The van der Waals surface area contributed by atoms with Gasteiger partial charge in [-0.15, -0.1) is 0 Å². The van der Waals surface area contributed by atoms with Crippen molar-refractivity contribution in [3.8, 4) is 17.6 Å². The molecule has 4 rings (SSSR count). The first-order valence-electron chi connectivity index (χ1n) is 11.8. The molecule has 0 aliphatic heterocycles. The van der Waals surface area contributed by atoms with Crippen LogP contribution in [0.2, 0.25) is 10.0 Å². The van der Waals surface area contributed by atoms with Crippen molar-refractivity contribution in [2.75, 3.05) is 26.1 Å². The number of anilines is 1. The lowest BCUT2D eigenvalue weighted by atomic mass is 9.96. The molecule has 0 amide bonds. The summed E-state index contributed by atoms with van der Waals surface area (Å²) < 4.78 is 18.8. The number of carbonyl (C=O) groups excluding carboxylic acids is 1. The minimum atomic E-state index is -0.644. The molecule has 0 radical (unpaired) electrons. The number of rotatable bonds is 9. The Balaban J connectivity index is 1.97. The van der Waals surface area contributed by atoms with E-state index in [1.807, 2.05) is 12.1 Å². The second-order valence-electron chi connectivity index (χ2n) is 8.35. The van der Waals surface area contributed by atoms with Gasteiger partial charge in [-0.3, -0.25) is 4.79 Å². The minimum absolute atomic E-state index is 0.0375. The number of hydrogen-bond donors (Lipinski definition) is 1. The first-order chi connectivity index (χ1) is 18.7. The molecule has 11 nitrogen and oxygen atoms in total. The zero-order valence-electron chi connectivity index (χ0n) is 21.9. The van der Waals surface area contributed by atoms with E-state index in [-0.39, 0.29) is 34.8 Å². The van der Waals surface area contributed by atoms with E-state index in [0.717, 1.165) is 5.56 Å². The highest BCUT2D eigenvalue weighted by molar-refractivity contribution is 6.30. The normalized spacial score (nSPS) is 11.7. The number of methoxy groups -OCH3 is 2. The molecule has 0 aliphatic rings. The van der Waals surface area contributed by atoms with Gasteiger partial charge in [0.25, 0.3) is 5.56 Å². The summed E-state index contributed by atoms with van der Waals surface area (Å²) in [6.45, 7) is 3.66. The third-order valence-electron chi connectivity index (χ3n) is 5.89.